The van der Waals surface area contributed by atoms with E-state index in [1.54, 1.807) is 7.05 Å². The van der Waals surface area contributed by atoms with E-state index in [1.165, 1.54) is 0 Å². The molecule has 1 fully saturated rings. The lowest BCUT2D eigenvalue weighted by atomic mass is 10.0. The third kappa shape index (κ3) is 6.08. The molecule has 0 aliphatic carbocycles. The summed E-state index contributed by atoms with van der Waals surface area (Å²) in [6.07, 6.45) is 0. The van der Waals surface area contributed by atoms with Crippen LogP contribution < -0.4 is 10.6 Å². The number of nitrogens with one attached hydrogen (secondary N) is 2. The van der Waals surface area contributed by atoms with Gasteiger partial charge in [-0.2, -0.15) is 0 Å². The molecule has 2 N–H and O–H groups in total. The molecule has 0 saturated carbocycles. The molecule has 27 heavy (non-hydrogen) atoms. The zero-order chi connectivity index (χ0) is 18.4. The fourth-order valence-corrected chi connectivity index (χ4v) is 3.41. The monoisotopic (exact) mass is 486 g/mol. The van der Waals surface area contributed by atoms with Gasteiger partial charge in [0.25, 0.3) is 0 Å². The summed E-state index contributed by atoms with van der Waals surface area (Å²) in [4.78, 5) is 6.85. The number of hydrogen-bond acceptors (Lipinski definition) is 4. The Morgan fingerprint density at radius 2 is 1.93 bits per heavy atom. The van der Waals surface area contributed by atoms with Crippen molar-refractivity contribution < 1.29 is 9.15 Å². The summed E-state index contributed by atoms with van der Waals surface area (Å²) in [7, 11) is 1.80. The van der Waals surface area contributed by atoms with Gasteiger partial charge in [-0.1, -0.05) is 32.0 Å². The summed E-state index contributed by atoms with van der Waals surface area (Å²) in [5, 5.41) is 7.94. The molecule has 1 unspecified atom stereocenters. The zero-order valence-corrected chi connectivity index (χ0v) is 18.7. The standard InChI is InChI=1S/C20H30N4O2.HI/c1-15(2)18(24-8-10-25-11-9-24)14-23-20(21-3)22-13-17-12-16-6-4-5-7-19(16)26-17;/h4-7,12,15,18H,8-11,13-14H2,1-3H3,(H2,21,22,23);1H. The van der Waals surface area contributed by atoms with Crippen LogP contribution in [0.2, 0.25) is 0 Å². The second kappa shape index (κ2) is 10.9. The summed E-state index contributed by atoms with van der Waals surface area (Å²) in [6, 6.07) is 10.6. The molecule has 0 spiro atoms. The van der Waals surface area contributed by atoms with Gasteiger partial charge >= 0.3 is 0 Å². The van der Waals surface area contributed by atoms with Gasteiger partial charge in [0.05, 0.1) is 19.8 Å². The van der Waals surface area contributed by atoms with Gasteiger partial charge in [-0.05, 0) is 18.1 Å². The smallest absolute Gasteiger partial charge is 0.191 e. The third-order valence-corrected chi connectivity index (χ3v) is 4.89. The van der Waals surface area contributed by atoms with Crippen LogP contribution in [0.25, 0.3) is 11.0 Å². The minimum Gasteiger partial charge on any atom is -0.459 e. The van der Waals surface area contributed by atoms with Crippen LogP contribution >= 0.6 is 24.0 Å². The van der Waals surface area contributed by atoms with E-state index in [2.05, 4.69) is 46.5 Å². The Kier molecular flexibility index (Phi) is 8.85. The Labute approximate surface area is 178 Å². The minimum absolute atomic E-state index is 0. The molecule has 6 nitrogen and oxygen atoms in total. The van der Waals surface area contributed by atoms with E-state index in [9.17, 15) is 0 Å². The van der Waals surface area contributed by atoms with Crippen LogP contribution in [-0.2, 0) is 11.3 Å². The normalized spacial score (nSPS) is 17.0. The van der Waals surface area contributed by atoms with Gasteiger partial charge in [0.15, 0.2) is 5.96 Å². The van der Waals surface area contributed by atoms with Crippen LogP contribution in [0.1, 0.15) is 19.6 Å². The highest BCUT2D eigenvalue weighted by molar-refractivity contribution is 14.0. The number of furan rings is 1. The number of fused-ring (bicyclic) bond motifs is 1. The quantitative estimate of drug-likeness (QED) is 0.374. The van der Waals surface area contributed by atoms with E-state index < -0.39 is 0 Å². The maximum absolute atomic E-state index is 5.85. The Hall–Kier alpha value is -1.32. The first-order valence-electron chi connectivity index (χ1n) is 9.41. The summed E-state index contributed by atoms with van der Waals surface area (Å²) in [5.41, 5.74) is 0.916. The van der Waals surface area contributed by atoms with E-state index in [0.717, 1.165) is 55.5 Å². The fourth-order valence-electron chi connectivity index (χ4n) is 3.41. The SMILES string of the molecule is CN=C(NCc1cc2ccccc2o1)NCC(C(C)C)N1CCOCC1.I. The first-order valence-corrected chi connectivity index (χ1v) is 9.41. The van der Waals surface area contributed by atoms with Crippen molar-refractivity contribution in [2.24, 2.45) is 10.9 Å². The number of morpholine rings is 1. The molecule has 7 heteroatoms. The van der Waals surface area contributed by atoms with Crippen LogP contribution in [0.4, 0.5) is 0 Å². The van der Waals surface area contributed by atoms with Crippen LogP contribution in [0, 0.1) is 5.92 Å². The Balaban J connectivity index is 0.00000261. The highest BCUT2D eigenvalue weighted by atomic mass is 127. The Morgan fingerprint density at radius 1 is 1.19 bits per heavy atom. The number of benzene rings is 1. The average molecular weight is 486 g/mol. The van der Waals surface area contributed by atoms with Crippen molar-refractivity contribution in [1.29, 1.82) is 0 Å². The molecule has 0 bridgehead atoms. The lowest BCUT2D eigenvalue weighted by Gasteiger charge is -2.37. The van der Waals surface area contributed by atoms with E-state index in [4.69, 9.17) is 9.15 Å². The maximum atomic E-state index is 5.85. The lowest BCUT2D eigenvalue weighted by Crippen LogP contribution is -2.52. The fraction of sp³-hybridized carbons (Fsp3) is 0.550. The van der Waals surface area contributed by atoms with Gasteiger partial charge in [-0.3, -0.25) is 9.89 Å². The second-order valence-electron chi connectivity index (χ2n) is 7.02. The van der Waals surface area contributed by atoms with Gasteiger partial charge in [-0.15, -0.1) is 24.0 Å². The maximum Gasteiger partial charge on any atom is 0.191 e. The first kappa shape index (κ1) is 22.0. The summed E-state index contributed by atoms with van der Waals surface area (Å²) in [6.45, 7) is 9.64. The molecular weight excluding hydrogens is 455 g/mol. The van der Waals surface area contributed by atoms with Crippen molar-refractivity contribution in [1.82, 2.24) is 15.5 Å². The predicted octanol–water partition coefficient (Wildman–Crippen LogP) is 3.07. The highest BCUT2D eigenvalue weighted by Crippen LogP contribution is 2.18. The first-order chi connectivity index (χ1) is 12.7. The second-order valence-corrected chi connectivity index (χ2v) is 7.02. The Bertz CT molecular complexity index is 693. The molecule has 150 valence electrons. The molecule has 2 heterocycles. The van der Waals surface area contributed by atoms with Crippen molar-refractivity contribution >= 4 is 40.9 Å². The Morgan fingerprint density at radius 3 is 2.59 bits per heavy atom. The number of nitrogens with zero attached hydrogens (tertiary/aromatic N) is 2. The molecular formula is C20H31IN4O2. The number of rotatable bonds is 6. The number of hydrogen-bond donors (Lipinski definition) is 2. The molecule has 0 radical (unpaired) electrons. The zero-order valence-electron chi connectivity index (χ0n) is 16.4. The summed E-state index contributed by atoms with van der Waals surface area (Å²) >= 11 is 0. The van der Waals surface area contributed by atoms with Crippen molar-refractivity contribution in [3.63, 3.8) is 0 Å². The molecule has 2 aromatic rings. The van der Waals surface area contributed by atoms with Crippen LogP contribution in [-0.4, -0.2) is 56.8 Å². The van der Waals surface area contributed by atoms with Gasteiger partial charge in [0, 0.05) is 38.1 Å². The molecule has 1 aliphatic heterocycles. The minimum atomic E-state index is 0. The molecule has 1 saturated heterocycles. The van der Waals surface area contributed by atoms with Crippen LogP contribution in [0.3, 0.4) is 0 Å². The topological polar surface area (TPSA) is 62.0 Å². The molecule has 1 aliphatic rings. The number of para-hydroxylation sites is 1. The van der Waals surface area contributed by atoms with E-state index in [-0.39, 0.29) is 24.0 Å². The van der Waals surface area contributed by atoms with Crippen molar-refractivity contribution in [2.45, 2.75) is 26.4 Å². The van der Waals surface area contributed by atoms with E-state index in [1.807, 2.05) is 18.2 Å². The van der Waals surface area contributed by atoms with Crippen molar-refractivity contribution in [2.75, 3.05) is 39.9 Å². The van der Waals surface area contributed by atoms with Crippen molar-refractivity contribution in [3.05, 3.63) is 36.1 Å². The molecule has 3 rings (SSSR count). The number of aliphatic imine (C=N–C) groups is 1. The van der Waals surface area contributed by atoms with Crippen LogP contribution in [0.5, 0.6) is 0 Å². The molecule has 1 atom stereocenters. The van der Waals surface area contributed by atoms with Gasteiger partial charge < -0.3 is 19.8 Å². The lowest BCUT2D eigenvalue weighted by molar-refractivity contribution is 0.00752. The largest absolute Gasteiger partial charge is 0.459 e. The van der Waals surface area contributed by atoms with Crippen LogP contribution in [0.15, 0.2) is 39.7 Å². The number of ether oxygens (including phenoxy) is 1. The summed E-state index contributed by atoms with van der Waals surface area (Å²) in [5.74, 6) is 2.26. The van der Waals surface area contributed by atoms with E-state index in [0.29, 0.717) is 18.5 Å². The van der Waals surface area contributed by atoms with Gasteiger partial charge in [-0.25, -0.2) is 0 Å². The third-order valence-electron chi connectivity index (χ3n) is 4.89. The summed E-state index contributed by atoms with van der Waals surface area (Å²) < 4.78 is 11.3. The average Bonchev–Trinajstić information content (AvgIpc) is 3.08. The molecule has 1 aromatic heterocycles. The highest BCUT2D eigenvalue weighted by Gasteiger charge is 2.23. The predicted molar refractivity (Wildman–Crippen MR) is 121 cm³/mol. The van der Waals surface area contributed by atoms with Crippen molar-refractivity contribution in [3.8, 4) is 0 Å². The number of halogens is 1. The molecule has 0 amide bonds. The molecule has 1 aromatic carbocycles. The van der Waals surface area contributed by atoms with Gasteiger partial charge in [0.1, 0.15) is 11.3 Å². The number of guanidine groups is 1. The van der Waals surface area contributed by atoms with Gasteiger partial charge in [0.2, 0.25) is 0 Å². The van der Waals surface area contributed by atoms with E-state index >= 15 is 0 Å².